The Kier molecular flexibility index (Phi) is 3.99. The lowest BCUT2D eigenvalue weighted by atomic mass is 9.97. The first-order chi connectivity index (χ1) is 9.66. The number of benzene rings is 2. The Labute approximate surface area is 128 Å². The highest BCUT2D eigenvalue weighted by Gasteiger charge is 2.23. The smallest absolute Gasteiger partial charge is 0.138 e. The summed E-state index contributed by atoms with van der Waals surface area (Å²) in [5.41, 5.74) is 1.28. The zero-order valence-electron chi connectivity index (χ0n) is 11.9. The quantitative estimate of drug-likeness (QED) is 0.851. The van der Waals surface area contributed by atoms with Crippen LogP contribution in [-0.2, 0) is 0 Å². The molecule has 1 unspecified atom stereocenters. The summed E-state index contributed by atoms with van der Waals surface area (Å²) < 4.78 is 7.10. The molecule has 0 aromatic heterocycles. The molecule has 20 heavy (non-hydrogen) atoms. The van der Waals surface area contributed by atoms with Gasteiger partial charge in [-0.1, -0.05) is 38.1 Å². The third-order valence-electron chi connectivity index (χ3n) is 3.76. The lowest BCUT2D eigenvalue weighted by molar-refractivity contribution is 0.313. The van der Waals surface area contributed by atoms with Crippen molar-refractivity contribution in [2.24, 2.45) is 0 Å². The number of nitrogens with one attached hydrogen (secondary N) is 1. The topological polar surface area (TPSA) is 21.3 Å². The van der Waals surface area contributed by atoms with Gasteiger partial charge in [-0.2, -0.15) is 0 Å². The summed E-state index contributed by atoms with van der Waals surface area (Å²) >= 11 is 3.74. The van der Waals surface area contributed by atoms with Crippen LogP contribution < -0.4 is 10.1 Å². The lowest BCUT2D eigenvalue weighted by Gasteiger charge is -2.22. The molecular weight excluding hydrogens is 314 g/mol. The highest BCUT2D eigenvalue weighted by molar-refractivity contribution is 9.10. The van der Waals surface area contributed by atoms with Gasteiger partial charge in [0.05, 0.1) is 11.1 Å². The van der Waals surface area contributed by atoms with E-state index in [1.807, 2.05) is 0 Å². The molecule has 0 fully saturated rings. The molecule has 1 N–H and O–H groups in total. The number of ether oxygens (including phenoxy) is 1. The Balaban J connectivity index is 2.17. The standard InChI is InChI=1S/C17H20BrNO/c1-11(2)19-15-8-5-9-20-17-14(15)10-12-6-3-4-7-13(12)16(17)18/h3-4,6-7,10-11,15,19H,5,8-9H2,1-2H3. The Hall–Kier alpha value is -1.06. The van der Waals surface area contributed by atoms with Crippen LogP contribution in [0.5, 0.6) is 5.75 Å². The van der Waals surface area contributed by atoms with E-state index in [4.69, 9.17) is 4.74 Å². The molecule has 0 saturated carbocycles. The van der Waals surface area contributed by atoms with E-state index in [-0.39, 0.29) is 0 Å². The van der Waals surface area contributed by atoms with Crippen LogP contribution >= 0.6 is 15.9 Å². The van der Waals surface area contributed by atoms with E-state index in [1.54, 1.807) is 0 Å². The van der Waals surface area contributed by atoms with Crippen molar-refractivity contribution in [1.29, 1.82) is 0 Å². The Morgan fingerprint density at radius 3 is 2.90 bits per heavy atom. The summed E-state index contributed by atoms with van der Waals surface area (Å²) in [5.74, 6) is 1.01. The number of fused-ring (bicyclic) bond motifs is 2. The average Bonchev–Trinajstić information content (AvgIpc) is 2.62. The summed E-state index contributed by atoms with van der Waals surface area (Å²) in [6.07, 6.45) is 2.21. The maximum Gasteiger partial charge on any atom is 0.138 e. The fraction of sp³-hybridized carbons (Fsp3) is 0.412. The zero-order chi connectivity index (χ0) is 14.1. The van der Waals surface area contributed by atoms with Crippen LogP contribution in [0.4, 0.5) is 0 Å². The van der Waals surface area contributed by atoms with E-state index in [0.29, 0.717) is 12.1 Å². The molecule has 3 rings (SSSR count). The molecule has 0 radical (unpaired) electrons. The van der Waals surface area contributed by atoms with E-state index in [1.165, 1.54) is 16.3 Å². The molecular formula is C17H20BrNO. The maximum absolute atomic E-state index is 6.01. The summed E-state index contributed by atoms with van der Waals surface area (Å²) in [4.78, 5) is 0. The van der Waals surface area contributed by atoms with Crippen molar-refractivity contribution in [3.8, 4) is 5.75 Å². The molecule has 2 nitrogen and oxygen atoms in total. The summed E-state index contributed by atoms with van der Waals surface area (Å²) in [6.45, 7) is 5.18. The first-order valence-corrected chi connectivity index (χ1v) is 8.06. The second-order valence-electron chi connectivity index (χ2n) is 5.69. The van der Waals surface area contributed by atoms with Gasteiger partial charge in [-0.3, -0.25) is 0 Å². The van der Waals surface area contributed by atoms with Gasteiger partial charge in [0, 0.05) is 17.6 Å². The van der Waals surface area contributed by atoms with Crippen LogP contribution in [-0.4, -0.2) is 12.6 Å². The average molecular weight is 334 g/mol. The summed E-state index contributed by atoms with van der Waals surface area (Å²) in [6, 6.07) is 11.6. The van der Waals surface area contributed by atoms with Gasteiger partial charge in [0.25, 0.3) is 0 Å². The third-order valence-corrected chi connectivity index (χ3v) is 4.55. The van der Waals surface area contributed by atoms with Crippen molar-refractivity contribution >= 4 is 26.7 Å². The van der Waals surface area contributed by atoms with E-state index in [0.717, 1.165) is 29.7 Å². The molecule has 0 bridgehead atoms. The molecule has 2 aromatic carbocycles. The van der Waals surface area contributed by atoms with Gasteiger partial charge < -0.3 is 10.1 Å². The predicted molar refractivity (Wildman–Crippen MR) is 87.4 cm³/mol. The van der Waals surface area contributed by atoms with Gasteiger partial charge in [-0.15, -0.1) is 0 Å². The van der Waals surface area contributed by atoms with Crippen molar-refractivity contribution in [2.45, 2.75) is 38.8 Å². The monoisotopic (exact) mass is 333 g/mol. The summed E-state index contributed by atoms with van der Waals surface area (Å²) in [7, 11) is 0. The SMILES string of the molecule is CC(C)NC1CCCOc2c1cc1ccccc1c2Br. The van der Waals surface area contributed by atoms with E-state index < -0.39 is 0 Å². The molecule has 0 aliphatic carbocycles. The molecule has 106 valence electrons. The fourth-order valence-corrected chi connectivity index (χ4v) is 3.61. The van der Waals surface area contributed by atoms with Crippen LogP contribution in [0.25, 0.3) is 10.8 Å². The second kappa shape index (κ2) is 5.74. The second-order valence-corrected chi connectivity index (χ2v) is 6.49. The highest BCUT2D eigenvalue weighted by Crippen LogP contribution is 2.42. The number of hydrogen-bond donors (Lipinski definition) is 1. The van der Waals surface area contributed by atoms with Gasteiger partial charge in [0.1, 0.15) is 5.75 Å². The molecule has 3 heteroatoms. The molecule has 1 aliphatic heterocycles. The van der Waals surface area contributed by atoms with Crippen LogP contribution in [0, 0.1) is 0 Å². The zero-order valence-corrected chi connectivity index (χ0v) is 13.5. The van der Waals surface area contributed by atoms with Gasteiger partial charge in [-0.05, 0) is 45.6 Å². The normalized spacial score (nSPS) is 18.7. The molecule has 1 heterocycles. The molecule has 0 amide bonds. The van der Waals surface area contributed by atoms with E-state index in [9.17, 15) is 0 Å². The van der Waals surface area contributed by atoms with Crippen molar-refractivity contribution < 1.29 is 4.74 Å². The van der Waals surface area contributed by atoms with Gasteiger partial charge in [0.15, 0.2) is 0 Å². The molecule has 1 aliphatic rings. The number of hydrogen-bond acceptors (Lipinski definition) is 2. The van der Waals surface area contributed by atoms with Gasteiger partial charge >= 0.3 is 0 Å². The largest absolute Gasteiger partial charge is 0.492 e. The van der Waals surface area contributed by atoms with Crippen molar-refractivity contribution in [3.05, 3.63) is 40.4 Å². The van der Waals surface area contributed by atoms with Crippen molar-refractivity contribution in [2.75, 3.05) is 6.61 Å². The minimum absolute atomic E-state index is 0.369. The number of rotatable bonds is 2. The maximum atomic E-state index is 6.01. The van der Waals surface area contributed by atoms with Crippen LogP contribution in [0.15, 0.2) is 34.8 Å². The molecule has 0 saturated heterocycles. The van der Waals surface area contributed by atoms with Crippen LogP contribution in [0.2, 0.25) is 0 Å². The molecule has 0 spiro atoms. The highest BCUT2D eigenvalue weighted by atomic mass is 79.9. The lowest BCUT2D eigenvalue weighted by Crippen LogP contribution is -2.27. The predicted octanol–water partition coefficient (Wildman–Crippen LogP) is 4.81. The first kappa shape index (κ1) is 13.9. The Morgan fingerprint density at radius 1 is 1.30 bits per heavy atom. The number of halogens is 1. The van der Waals surface area contributed by atoms with E-state index >= 15 is 0 Å². The molecule has 1 atom stereocenters. The Morgan fingerprint density at radius 2 is 2.10 bits per heavy atom. The van der Waals surface area contributed by atoms with Crippen LogP contribution in [0.1, 0.15) is 38.3 Å². The van der Waals surface area contributed by atoms with Crippen LogP contribution in [0.3, 0.4) is 0 Å². The Bertz CT molecular complexity index is 624. The molecule has 2 aromatic rings. The minimum Gasteiger partial charge on any atom is -0.492 e. The van der Waals surface area contributed by atoms with Gasteiger partial charge in [0.2, 0.25) is 0 Å². The van der Waals surface area contributed by atoms with E-state index in [2.05, 4.69) is 65.4 Å². The fourth-order valence-electron chi connectivity index (χ4n) is 2.90. The van der Waals surface area contributed by atoms with Crippen molar-refractivity contribution in [1.82, 2.24) is 5.32 Å². The minimum atomic E-state index is 0.369. The van der Waals surface area contributed by atoms with Gasteiger partial charge in [-0.25, -0.2) is 0 Å². The van der Waals surface area contributed by atoms with Crippen molar-refractivity contribution in [3.63, 3.8) is 0 Å². The third kappa shape index (κ3) is 2.57. The summed E-state index contributed by atoms with van der Waals surface area (Å²) in [5, 5.41) is 6.15. The first-order valence-electron chi connectivity index (χ1n) is 7.27.